The van der Waals surface area contributed by atoms with Crippen molar-refractivity contribution >= 4 is 120 Å². The van der Waals surface area contributed by atoms with Crippen LogP contribution in [0.2, 0.25) is 0 Å². The van der Waals surface area contributed by atoms with Crippen molar-refractivity contribution in [1.82, 2.24) is 25.3 Å². The molecule has 0 aliphatic carbocycles. The zero-order valence-corrected chi connectivity index (χ0v) is 62.8. The highest BCUT2D eigenvalue weighted by Crippen LogP contribution is 2.18. The number of rotatable bonds is 30. The van der Waals surface area contributed by atoms with E-state index in [-0.39, 0.29) is 118 Å². The van der Waals surface area contributed by atoms with Crippen molar-refractivity contribution in [2.45, 2.75) is 149 Å². The summed E-state index contributed by atoms with van der Waals surface area (Å²) in [5.74, 6) is -9.90. The molecule has 0 aromatic carbocycles. The monoisotopic (exact) mass is 1670 g/mol. The molecule has 3 unspecified atom stereocenters. The third kappa shape index (κ3) is 46.6. The topological polar surface area (TPSA) is 571 Å². The van der Waals surface area contributed by atoms with Crippen molar-refractivity contribution in [3.8, 4) is 0 Å². The largest absolute Gasteiger partial charge is 0.478 e. The van der Waals surface area contributed by atoms with Gasteiger partial charge in [0.1, 0.15) is 71.2 Å². The number of carboxylic acids is 1. The number of hydrogen-bond donors (Lipinski definition) is 3. The van der Waals surface area contributed by atoms with Gasteiger partial charge in [-0.2, -0.15) is 0 Å². The first-order valence-corrected chi connectivity index (χ1v) is 34.3. The van der Waals surface area contributed by atoms with E-state index >= 15 is 0 Å². The SMILES string of the molecule is C.C.C.CC(C)OC(=O)/C=C/C(=O)OCC1CN(C)C(=O)O1.COC(=O)/C=C/C(=O)OCC1CN(C(C)C)C(=O)O1.COC(=O)/C=C/C(=O)OC[C@H]1CN(C)C(=O)O1.O=C(/C=C/C(=O)OC[C@@H]1CNC(=O)O1)OC[C@@H]1CCC(=O)O1.O=C(/C=C/C(=O)OC[C@H]1CNC(=O)O1)OC[C@H]1CCC(=O)O1.O=C(O)/C=C/C(=O)OCC1CCC(=O)O1. The highest BCUT2D eigenvalue weighted by molar-refractivity contribution is 5.95. The maximum Gasteiger partial charge on any atom is 0.410 e. The molecular formula is C72H99N5O40. The molecule has 8 atom stereocenters. The van der Waals surface area contributed by atoms with Crippen molar-refractivity contribution in [2.24, 2.45) is 0 Å². The lowest BCUT2D eigenvalue weighted by Crippen LogP contribution is -2.32. The molecule has 8 saturated heterocycles. The molecule has 0 saturated carbocycles. The fraction of sp³-hybridized carbons (Fsp3) is 0.556. The number of carbonyl (C=O) groups is 20. The number of ether oxygens (including phenoxy) is 19. The average Bonchev–Trinajstić information content (AvgIpc) is 1.73. The van der Waals surface area contributed by atoms with Crippen molar-refractivity contribution in [2.75, 3.05) is 114 Å². The number of aliphatic carboxylic acids is 1. The minimum absolute atomic E-state index is 0. The van der Waals surface area contributed by atoms with Gasteiger partial charge in [-0.15, -0.1) is 0 Å². The Morgan fingerprint density at radius 3 is 0.838 bits per heavy atom. The van der Waals surface area contributed by atoms with Crippen LogP contribution in [-0.4, -0.2) is 315 Å². The maximum absolute atomic E-state index is 11.4. The molecular weight excluding hydrogens is 1570 g/mol. The Morgan fingerprint density at radius 1 is 0.359 bits per heavy atom. The lowest BCUT2D eigenvalue weighted by atomic mass is 10.2. The number of likely N-dealkylation sites (N-methyl/N-ethyl adjacent to an activating group) is 2. The highest BCUT2D eigenvalue weighted by Gasteiger charge is 2.35. The Morgan fingerprint density at radius 2 is 0.615 bits per heavy atom. The van der Waals surface area contributed by atoms with Gasteiger partial charge in [0.05, 0.1) is 53.0 Å². The van der Waals surface area contributed by atoms with E-state index < -0.39 is 151 Å². The summed E-state index contributed by atoms with van der Waals surface area (Å²) in [4.78, 5) is 224. The third-order valence-corrected chi connectivity index (χ3v) is 14.2. The summed E-state index contributed by atoms with van der Waals surface area (Å²) in [7, 11) is 5.58. The van der Waals surface area contributed by atoms with Crippen molar-refractivity contribution in [3.63, 3.8) is 0 Å². The van der Waals surface area contributed by atoms with Crippen molar-refractivity contribution < 1.29 is 191 Å². The zero-order valence-electron chi connectivity index (χ0n) is 62.8. The summed E-state index contributed by atoms with van der Waals surface area (Å²) in [6.45, 7) is 8.32. The molecule has 45 heteroatoms. The number of hydrogen-bond acceptors (Lipinski definition) is 39. The Labute approximate surface area is 670 Å². The molecule has 117 heavy (non-hydrogen) atoms. The van der Waals surface area contributed by atoms with Crippen LogP contribution in [-0.2, 0) is 162 Å². The molecule has 0 spiro atoms. The number of cyclic esters (lactones) is 8. The maximum atomic E-state index is 11.4. The van der Waals surface area contributed by atoms with Crippen LogP contribution in [0, 0.1) is 0 Å². The van der Waals surface area contributed by atoms with Gasteiger partial charge in [0.15, 0.2) is 30.5 Å². The van der Waals surface area contributed by atoms with Gasteiger partial charge in [-0.3, -0.25) is 14.4 Å². The van der Waals surface area contributed by atoms with Crippen LogP contribution >= 0.6 is 0 Å². The first-order valence-electron chi connectivity index (χ1n) is 34.3. The summed E-state index contributed by atoms with van der Waals surface area (Å²) < 4.78 is 90.6. The number of carbonyl (C=O) groups excluding carboxylic acids is 19. The molecule has 5 amide bonds. The summed E-state index contributed by atoms with van der Waals surface area (Å²) in [5.41, 5.74) is 0. The summed E-state index contributed by atoms with van der Waals surface area (Å²) in [6, 6.07) is 0.0346. The summed E-state index contributed by atoms with van der Waals surface area (Å²) in [5, 5.41) is 13.0. The van der Waals surface area contributed by atoms with Crippen molar-refractivity contribution in [3.05, 3.63) is 72.9 Å². The van der Waals surface area contributed by atoms with E-state index in [4.69, 9.17) is 80.9 Å². The second-order valence-electron chi connectivity index (χ2n) is 24.2. The standard InChI is InChI=1S/2C13H15NO8.2C12H17NO6.C10H13NO6.C9H10O6.3CH4/c2*15-10(19-6-8-1-2-12(17)21-8)3-4-11(16)20-7-9-5-14-13(18)22-9;1-8(2)13-6-9(19-12(13)16)7-18-11(15)5-4-10(14)17-3;1-8(2)18-11(15)5-4-10(14)17-7-9-6-13(3)12(16)19-9;1-11-5-7(17-10(11)14)6-16-9(13)4-3-8(12)15-2;10-7(11)2-4-8(12)14-5-6-1-3-9(13)15-6;;;/h2*3-4,8-9H,1-2,5-7H2,(H,14,18);2*4-5,8-9H,6-7H2,1-3H3;3-4,7H,5-6H2,1-2H3;2,4,6H,1,3,5H2,(H,10,11);3*1H4/b2*4-3+;2*5-4+;4-3+;4-2+;;;/t2*8-,9-;;;7-;;;;/m10..1..../s1. The number of alkyl carbamates (subject to hydrolysis) is 2. The van der Waals surface area contributed by atoms with E-state index in [1.807, 2.05) is 13.8 Å². The van der Waals surface area contributed by atoms with Gasteiger partial charge in [0.25, 0.3) is 0 Å². The molecule has 652 valence electrons. The summed E-state index contributed by atoms with van der Waals surface area (Å²) >= 11 is 0. The van der Waals surface area contributed by atoms with Gasteiger partial charge in [-0.1, -0.05) is 22.3 Å². The second-order valence-corrected chi connectivity index (χ2v) is 24.2. The number of nitrogens with one attached hydrogen (secondary N) is 2. The van der Waals surface area contributed by atoms with E-state index in [9.17, 15) is 95.9 Å². The number of esters is 14. The molecule has 8 aliphatic heterocycles. The smallest absolute Gasteiger partial charge is 0.410 e. The molecule has 8 fully saturated rings. The number of carboxylic acid groups (broad SMARTS) is 1. The number of nitrogens with zero attached hydrogens (tertiary/aromatic N) is 3. The fourth-order valence-corrected chi connectivity index (χ4v) is 8.69. The van der Waals surface area contributed by atoms with E-state index in [1.54, 1.807) is 32.8 Å². The molecule has 45 nitrogen and oxygen atoms in total. The Bertz CT molecular complexity index is 3440. The van der Waals surface area contributed by atoms with E-state index in [1.165, 1.54) is 24.0 Å². The van der Waals surface area contributed by atoms with Crippen LogP contribution in [0.3, 0.4) is 0 Å². The van der Waals surface area contributed by atoms with Gasteiger partial charge in [-0.05, 0) is 47.0 Å². The Kier molecular flexibility index (Phi) is 49.8. The van der Waals surface area contributed by atoms with Crippen LogP contribution in [0.4, 0.5) is 24.0 Å². The highest BCUT2D eigenvalue weighted by atomic mass is 16.6. The van der Waals surface area contributed by atoms with Gasteiger partial charge in [-0.25, -0.2) is 81.5 Å². The molecule has 8 rings (SSSR count). The normalized spacial score (nSPS) is 20.5. The van der Waals surface area contributed by atoms with Crippen LogP contribution in [0.25, 0.3) is 0 Å². The zero-order chi connectivity index (χ0) is 84.8. The fourth-order valence-electron chi connectivity index (χ4n) is 8.69. The Hall–Kier alpha value is -13.2. The van der Waals surface area contributed by atoms with Gasteiger partial charge >= 0.3 is 120 Å². The molecule has 0 aromatic heterocycles. The molecule has 0 aromatic rings. The molecule has 3 N–H and O–H groups in total. The summed E-state index contributed by atoms with van der Waals surface area (Å²) in [6.07, 6.45) is 6.98. The molecule has 8 aliphatic rings. The molecule has 0 radical (unpaired) electrons. The van der Waals surface area contributed by atoms with Gasteiger partial charge < -0.3 is 120 Å². The predicted molar refractivity (Wildman–Crippen MR) is 387 cm³/mol. The van der Waals surface area contributed by atoms with Crippen LogP contribution < -0.4 is 10.6 Å². The molecule has 0 bridgehead atoms. The minimum Gasteiger partial charge on any atom is -0.478 e. The van der Waals surface area contributed by atoms with Crippen LogP contribution in [0.5, 0.6) is 0 Å². The van der Waals surface area contributed by atoms with Crippen molar-refractivity contribution in [1.29, 1.82) is 0 Å². The van der Waals surface area contributed by atoms with Crippen LogP contribution in [0.15, 0.2) is 72.9 Å². The average molecular weight is 1670 g/mol. The Balaban J connectivity index is 0.00000138. The quantitative estimate of drug-likeness (QED) is 0.0519. The van der Waals surface area contributed by atoms with Gasteiger partial charge in [0, 0.05) is 112 Å². The lowest BCUT2D eigenvalue weighted by Gasteiger charge is -2.16. The first-order chi connectivity index (χ1) is 54.0. The van der Waals surface area contributed by atoms with E-state index in [2.05, 4.69) is 24.8 Å². The van der Waals surface area contributed by atoms with E-state index in [0.29, 0.717) is 64.2 Å². The third-order valence-electron chi connectivity index (χ3n) is 14.2. The predicted octanol–water partition coefficient (Wildman–Crippen LogP) is 1.36. The number of methoxy groups -OCH3 is 2. The van der Waals surface area contributed by atoms with Crippen LogP contribution in [0.1, 0.15) is 88.5 Å². The lowest BCUT2D eigenvalue weighted by molar-refractivity contribution is -0.149. The second kappa shape index (κ2) is 56.1. The first kappa shape index (κ1) is 104. The number of amides is 5. The minimum atomic E-state index is -1.22. The molecule has 8 heterocycles. The van der Waals surface area contributed by atoms with Gasteiger partial charge in [0.2, 0.25) is 0 Å². The van der Waals surface area contributed by atoms with E-state index in [0.717, 1.165) is 66.8 Å².